The Kier molecular flexibility index (Phi) is 6.82. The average molecular weight is 381 g/mol. The SMILES string of the molecule is CNC(=O)c1cccc(NC(=O)C[NH+](C)Cc2cccc(Cl)c2Cl)c1. The largest absolute Gasteiger partial charge is 0.355 e. The van der Waals surface area contributed by atoms with E-state index in [1.165, 1.54) is 0 Å². The van der Waals surface area contributed by atoms with Crippen molar-refractivity contribution in [2.24, 2.45) is 0 Å². The van der Waals surface area contributed by atoms with Gasteiger partial charge in [-0.25, -0.2) is 0 Å². The van der Waals surface area contributed by atoms with Crippen LogP contribution < -0.4 is 15.5 Å². The molecule has 5 nitrogen and oxygen atoms in total. The minimum atomic E-state index is -0.200. The summed E-state index contributed by atoms with van der Waals surface area (Å²) in [5.41, 5.74) is 1.97. The normalized spacial score (nSPS) is 11.7. The van der Waals surface area contributed by atoms with E-state index in [0.29, 0.717) is 27.8 Å². The number of carbonyl (C=O) groups excluding carboxylic acids is 2. The Balaban J connectivity index is 1.95. The van der Waals surface area contributed by atoms with Crippen molar-refractivity contribution in [1.82, 2.24) is 5.32 Å². The quantitative estimate of drug-likeness (QED) is 0.717. The van der Waals surface area contributed by atoms with E-state index in [1.807, 2.05) is 19.2 Å². The smallest absolute Gasteiger partial charge is 0.279 e. The molecule has 7 heteroatoms. The van der Waals surface area contributed by atoms with E-state index < -0.39 is 0 Å². The second-order valence-corrected chi connectivity index (χ2v) is 6.52. The number of benzene rings is 2. The Morgan fingerprint density at radius 1 is 1.12 bits per heavy atom. The van der Waals surface area contributed by atoms with Crippen LogP contribution in [-0.2, 0) is 11.3 Å². The molecule has 0 heterocycles. The summed E-state index contributed by atoms with van der Waals surface area (Å²) in [6, 6.07) is 12.3. The van der Waals surface area contributed by atoms with Crippen molar-refractivity contribution in [3.05, 3.63) is 63.6 Å². The van der Waals surface area contributed by atoms with Crippen LogP contribution in [0, 0.1) is 0 Å². The molecule has 0 radical (unpaired) electrons. The van der Waals surface area contributed by atoms with E-state index in [9.17, 15) is 9.59 Å². The van der Waals surface area contributed by atoms with Gasteiger partial charge in [-0.2, -0.15) is 0 Å². The molecule has 0 aliphatic carbocycles. The predicted octanol–water partition coefficient (Wildman–Crippen LogP) is 2.01. The number of hydrogen-bond acceptors (Lipinski definition) is 2. The predicted molar refractivity (Wildman–Crippen MR) is 100 cm³/mol. The third-order valence-electron chi connectivity index (χ3n) is 3.62. The molecule has 25 heavy (non-hydrogen) atoms. The van der Waals surface area contributed by atoms with Gasteiger partial charge in [-0.1, -0.05) is 41.4 Å². The minimum absolute atomic E-state index is 0.148. The van der Waals surface area contributed by atoms with Crippen LogP contribution >= 0.6 is 23.2 Å². The molecule has 0 fully saturated rings. The Morgan fingerprint density at radius 2 is 1.84 bits per heavy atom. The summed E-state index contributed by atoms with van der Waals surface area (Å²) in [7, 11) is 3.46. The number of hydrogen-bond donors (Lipinski definition) is 3. The molecule has 0 aliphatic rings. The molecule has 3 N–H and O–H groups in total. The number of anilines is 1. The van der Waals surface area contributed by atoms with Crippen molar-refractivity contribution < 1.29 is 14.5 Å². The molecule has 0 saturated carbocycles. The molecule has 0 aliphatic heterocycles. The van der Waals surface area contributed by atoms with E-state index in [4.69, 9.17) is 23.2 Å². The number of nitrogens with one attached hydrogen (secondary N) is 3. The molecular formula is C18H20Cl2N3O2+. The van der Waals surface area contributed by atoms with Gasteiger partial charge in [0.25, 0.3) is 11.8 Å². The highest BCUT2D eigenvalue weighted by atomic mass is 35.5. The van der Waals surface area contributed by atoms with Crippen molar-refractivity contribution in [3.63, 3.8) is 0 Å². The van der Waals surface area contributed by atoms with Crippen molar-refractivity contribution in [1.29, 1.82) is 0 Å². The van der Waals surface area contributed by atoms with Gasteiger partial charge in [0.2, 0.25) is 0 Å². The molecule has 2 amide bonds. The Morgan fingerprint density at radius 3 is 2.56 bits per heavy atom. The van der Waals surface area contributed by atoms with Crippen molar-refractivity contribution >= 4 is 40.7 Å². The Labute approximate surface area is 156 Å². The molecule has 2 rings (SSSR count). The fourth-order valence-electron chi connectivity index (χ4n) is 2.43. The number of likely N-dealkylation sites (N-methyl/N-ethyl adjacent to an activating group) is 1. The van der Waals surface area contributed by atoms with Gasteiger partial charge in [-0.15, -0.1) is 0 Å². The molecular weight excluding hydrogens is 361 g/mol. The van der Waals surface area contributed by atoms with Gasteiger partial charge >= 0.3 is 0 Å². The molecule has 1 atom stereocenters. The Bertz CT molecular complexity index is 781. The molecule has 2 aromatic carbocycles. The second kappa shape index (κ2) is 8.85. The van der Waals surface area contributed by atoms with Crippen LogP contribution in [0.5, 0.6) is 0 Å². The monoisotopic (exact) mass is 380 g/mol. The number of carbonyl (C=O) groups is 2. The third-order valence-corrected chi connectivity index (χ3v) is 4.48. The molecule has 1 unspecified atom stereocenters. The summed E-state index contributed by atoms with van der Waals surface area (Å²) in [5.74, 6) is -0.348. The van der Waals surface area contributed by atoms with Crippen LogP contribution in [0.1, 0.15) is 15.9 Å². The van der Waals surface area contributed by atoms with Gasteiger partial charge < -0.3 is 15.5 Å². The van der Waals surface area contributed by atoms with Gasteiger partial charge in [-0.05, 0) is 24.3 Å². The second-order valence-electron chi connectivity index (χ2n) is 5.73. The minimum Gasteiger partial charge on any atom is -0.355 e. The van der Waals surface area contributed by atoms with E-state index in [1.54, 1.807) is 37.4 Å². The fourth-order valence-corrected chi connectivity index (χ4v) is 2.82. The highest BCUT2D eigenvalue weighted by Gasteiger charge is 2.14. The lowest BCUT2D eigenvalue weighted by Crippen LogP contribution is -3.08. The highest BCUT2D eigenvalue weighted by Crippen LogP contribution is 2.24. The van der Waals surface area contributed by atoms with Crippen LogP contribution in [0.25, 0.3) is 0 Å². The maximum absolute atomic E-state index is 12.2. The maximum Gasteiger partial charge on any atom is 0.279 e. The molecule has 2 aromatic rings. The number of halogens is 2. The van der Waals surface area contributed by atoms with Crippen molar-refractivity contribution in [2.45, 2.75) is 6.54 Å². The van der Waals surface area contributed by atoms with E-state index in [-0.39, 0.29) is 18.4 Å². The summed E-state index contributed by atoms with van der Waals surface area (Å²) in [5, 5.41) is 6.38. The van der Waals surface area contributed by atoms with Gasteiger partial charge in [-0.3, -0.25) is 9.59 Å². The third kappa shape index (κ3) is 5.46. The fraction of sp³-hybridized carbons (Fsp3) is 0.222. The first kappa shape index (κ1) is 19.2. The highest BCUT2D eigenvalue weighted by molar-refractivity contribution is 6.42. The lowest BCUT2D eigenvalue weighted by molar-refractivity contribution is -0.885. The van der Waals surface area contributed by atoms with Gasteiger partial charge in [0, 0.05) is 23.9 Å². The zero-order chi connectivity index (χ0) is 18.4. The van der Waals surface area contributed by atoms with Crippen LogP contribution in [-0.4, -0.2) is 32.5 Å². The van der Waals surface area contributed by atoms with Crippen LogP contribution in [0.15, 0.2) is 42.5 Å². The lowest BCUT2D eigenvalue weighted by atomic mass is 10.2. The Hall–Kier alpha value is -2.08. The van der Waals surface area contributed by atoms with Crippen molar-refractivity contribution in [3.8, 4) is 0 Å². The van der Waals surface area contributed by atoms with Crippen LogP contribution in [0.2, 0.25) is 10.0 Å². The number of rotatable bonds is 6. The maximum atomic E-state index is 12.2. The standard InChI is InChI=1S/C18H19Cl2N3O2/c1-21-18(25)12-5-3-7-14(9-12)22-16(24)11-23(2)10-13-6-4-8-15(19)17(13)20/h3-9H,10-11H2,1-2H3,(H,21,25)(H,22,24)/p+1. The van der Waals surface area contributed by atoms with Gasteiger partial charge in [0.15, 0.2) is 6.54 Å². The first-order valence-corrected chi connectivity index (χ1v) is 8.52. The summed E-state index contributed by atoms with van der Waals surface area (Å²) in [6.07, 6.45) is 0. The molecule has 0 saturated heterocycles. The zero-order valence-electron chi connectivity index (χ0n) is 14.0. The number of amides is 2. The van der Waals surface area contributed by atoms with Gasteiger partial charge in [0.05, 0.1) is 17.1 Å². The van der Waals surface area contributed by atoms with Gasteiger partial charge in [0.1, 0.15) is 6.54 Å². The molecule has 0 aromatic heterocycles. The van der Waals surface area contributed by atoms with E-state index in [2.05, 4.69) is 10.6 Å². The van der Waals surface area contributed by atoms with Crippen molar-refractivity contribution in [2.75, 3.05) is 26.0 Å². The first-order valence-electron chi connectivity index (χ1n) is 7.77. The average Bonchev–Trinajstić information content (AvgIpc) is 2.58. The molecule has 0 bridgehead atoms. The van der Waals surface area contributed by atoms with E-state index in [0.717, 1.165) is 10.5 Å². The first-order chi connectivity index (χ1) is 11.9. The van der Waals surface area contributed by atoms with Crippen LogP contribution in [0.4, 0.5) is 5.69 Å². The van der Waals surface area contributed by atoms with Crippen LogP contribution in [0.3, 0.4) is 0 Å². The lowest BCUT2D eigenvalue weighted by Gasteiger charge is -2.15. The number of quaternary nitrogens is 1. The zero-order valence-corrected chi connectivity index (χ0v) is 15.5. The summed E-state index contributed by atoms with van der Waals surface area (Å²) in [6.45, 7) is 0.831. The molecule has 132 valence electrons. The summed E-state index contributed by atoms with van der Waals surface area (Å²) < 4.78 is 0. The summed E-state index contributed by atoms with van der Waals surface area (Å²) >= 11 is 12.2. The summed E-state index contributed by atoms with van der Waals surface area (Å²) in [4.78, 5) is 24.8. The topological polar surface area (TPSA) is 62.6 Å². The molecule has 0 spiro atoms. The van der Waals surface area contributed by atoms with E-state index >= 15 is 0 Å².